The molecule has 3 aliphatic heterocycles. The van der Waals surface area contributed by atoms with Gasteiger partial charge in [0.2, 0.25) is 5.91 Å². The Balaban J connectivity index is 0.000000318. The fraction of sp³-hybridized carbons (Fsp3) is 0.842. The summed E-state index contributed by atoms with van der Waals surface area (Å²) in [5.74, 6) is -2.47. The Kier molecular flexibility index (Phi) is 7.10. The van der Waals surface area contributed by atoms with Gasteiger partial charge in [-0.15, -0.1) is 0 Å². The van der Waals surface area contributed by atoms with E-state index >= 15 is 0 Å². The lowest BCUT2D eigenvalue weighted by Gasteiger charge is -2.40. The Hall–Kier alpha value is -2.04. The van der Waals surface area contributed by atoms with Crippen molar-refractivity contribution >= 4 is 17.9 Å². The molecule has 11 heteroatoms. The van der Waals surface area contributed by atoms with Crippen molar-refractivity contribution in [1.29, 1.82) is 0 Å². The summed E-state index contributed by atoms with van der Waals surface area (Å²) in [6, 6.07) is 0.959. The minimum atomic E-state index is -5.08. The molecule has 3 amide bonds. The molecule has 1 saturated carbocycles. The first kappa shape index (κ1) is 22.6. The Morgan fingerprint density at radius 2 is 1.63 bits per heavy atom. The molecule has 2 atom stereocenters. The molecule has 0 aromatic heterocycles. The summed E-state index contributed by atoms with van der Waals surface area (Å²) in [7, 11) is 0. The van der Waals surface area contributed by atoms with Crippen molar-refractivity contribution in [2.24, 2.45) is 0 Å². The smallest absolute Gasteiger partial charge is 0.475 e. The summed E-state index contributed by atoms with van der Waals surface area (Å²) in [6.45, 7) is 4.96. The van der Waals surface area contributed by atoms with E-state index in [0.29, 0.717) is 12.5 Å². The monoisotopic (exact) mass is 434 g/mol. The molecule has 0 spiro atoms. The second kappa shape index (κ2) is 9.40. The highest BCUT2D eigenvalue weighted by molar-refractivity contribution is 5.80. The van der Waals surface area contributed by atoms with Crippen LogP contribution in [0.25, 0.3) is 0 Å². The maximum absolute atomic E-state index is 12.4. The van der Waals surface area contributed by atoms with Crippen LogP contribution < -0.4 is 5.32 Å². The van der Waals surface area contributed by atoms with Crippen LogP contribution in [0.4, 0.5) is 18.0 Å². The van der Waals surface area contributed by atoms with Crippen molar-refractivity contribution < 1.29 is 32.7 Å². The van der Waals surface area contributed by atoms with Gasteiger partial charge in [-0.25, -0.2) is 9.59 Å². The number of nitrogens with one attached hydrogen (secondary N) is 1. The van der Waals surface area contributed by atoms with Crippen LogP contribution >= 0.6 is 0 Å². The minimum Gasteiger partial charge on any atom is -0.475 e. The third-order valence-corrected chi connectivity index (χ3v) is 6.15. The fourth-order valence-electron chi connectivity index (χ4n) is 4.43. The van der Waals surface area contributed by atoms with Crippen LogP contribution in [0.2, 0.25) is 0 Å². The van der Waals surface area contributed by atoms with Crippen LogP contribution in [0.3, 0.4) is 0 Å². The van der Waals surface area contributed by atoms with Crippen molar-refractivity contribution in [1.82, 2.24) is 20.0 Å². The number of aliphatic carboxylic acids is 1. The van der Waals surface area contributed by atoms with E-state index in [0.717, 1.165) is 45.3 Å². The molecular weight excluding hydrogens is 405 g/mol. The zero-order valence-electron chi connectivity index (χ0n) is 16.9. The molecule has 0 radical (unpaired) electrons. The number of alkyl halides is 3. The Labute approximate surface area is 173 Å². The molecule has 0 aromatic rings. The molecule has 30 heavy (non-hydrogen) atoms. The number of hydrogen-bond donors (Lipinski definition) is 2. The second-order valence-corrected chi connectivity index (χ2v) is 8.32. The van der Waals surface area contributed by atoms with Gasteiger partial charge >= 0.3 is 18.2 Å². The third-order valence-electron chi connectivity index (χ3n) is 6.15. The lowest BCUT2D eigenvalue weighted by molar-refractivity contribution is -0.192. The van der Waals surface area contributed by atoms with Gasteiger partial charge in [0.25, 0.3) is 0 Å². The molecule has 0 bridgehead atoms. The highest BCUT2D eigenvalue weighted by Gasteiger charge is 2.45. The number of carboxylic acid groups (broad SMARTS) is 1. The normalized spacial score (nSPS) is 26.8. The number of urea groups is 1. The zero-order chi connectivity index (χ0) is 21.9. The summed E-state index contributed by atoms with van der Waals surface area (Å²) in [6.07, 6.45) is 2.09. The fourth-order valence-corrected chi connectivity index (χ4v) is 4.43. The van der Waals surface area contributed by atoms with Gasteiger partial charge in [-0.3, -0.25) is 4.79 Å². The van der Waals surface area contributed by atoms with Gasteiger partial charge in [0, 0.05) is 32.1 Å². The van der Waals surface area contributed by atoms with E-state index in [-0.39, 0.29) is 24.0 Å². The van der Waals surface area contributed by atoms with Gasteiger partial charge in [0.05, 0.1) is 12.1 Å². The van der Waals surface area contributed by atoms with Crippen molar-refractivity contribution in [2.45, 2.75) is 69.2 Å². The van der Waals surface area contributed by atoms with E-state index in [2.05, 4.69) is 15.1 Å². The molecule has 3 heterocycles. The molecule has 2 N–H and O–H groups in total. The summed E-state index contributed by atoms with van der Waals surface area (Å²) in [5, 5.41) is 10.2. The number of amides is 3. The van der Waals surface area contributed by atoms with Crippen LogP contribution in [-0.4, -0.2) is 94.7 Å². The van der Waals surface area contributed by atoms with E-state index in [1.165, 1.54) is 25.9 Å². The molecule has 170 valence electrons. The van der Waals surface area contributed by atoms with Gasteiger partial charge < -0.3 is 25.1 Å². The summed E-state index contributed by atoms with van der Waals surface area (Å²) < 4.78 is 31.7. The number of carbonyl (C=O) groups is 3. The van der Waals surface area contributed by atoms with Crippen molar-refractivity contribution in [3.05, 3.63) is 0 Å². The van der Waals surface area contributed by atoms with Crippen LogP contribution in [0, 0.1) is 0 Å². The first-order valence-corrected chi connectivity index (χ1v) is 10.6. The molecule has 0 unspecified atom stereocenters. The number of piperidine rings is 1. The van der Waals surface area contributed by atoms with E-state index in [1.807, 2.05) is 4.90 Å². The van der Waals surface area contributed by atoms with Crippen molar-refractivity contribution in [3.63, 3.8) is 0 Å². The third kappa shape index (κ3) is 5.77. The standard InChI is InChI=1S/C17H28N4O2.C2HF3O2/c22-16-6-5-14-15(20(16)12-11-19-8-1-2-9-19)7-10-21(14)17(23)18-13-3-4-13;3-2(4,5)1(6)7/h13-15H,1-12H2,(H,18,23);(H,6,7)/t14-,15-;/m0./s1. The number of likely N-dealkylation sites (tertiary alicyclic amines) is 3. The number of hydrogen-bond acceptors (Lipinski definition) is 4. The highest BCUT2D eigenvalue weighted by atomic mass is 19.4. The predicted molar refractivity (Wildman–Crippen MR) is 101 cm³/mol. The number of carbonyl (C=O) groups excluding carboxylic acids is 2. The SMILES string of the molecule is O=C(O)C(F)(F)F.O=C1CC[C@H]2[C@H](CCN2C(=O)NC2CC2)N1CCN1CCCC1. The molecule has 3 saturated heterocycles. The number of halogens is 3. The van der Waals surface area contributed by atoms with E-state index in [9.17, 15) is 22.8 Å². The van der Waals surface area contributed by atoms with E-state index < -0.39 is 12.1 Å². The average molecular weight is 434 g/mol. The molecule has 4 rings (SSSR count). The number of rotatable bonds is 4. The number of carboxylic acids is 1. The van der Waals surface area contributed by atoms with E-state index in [1.54, 1.807) is 0 Å². The lowest BCUT2D eigenvalue weighted by atomic mass is 9.96. The quantitative estimate of drug-likeness (QED) is 0.702. The maximum Gasteiger partial charge on any atom is 0.490 e. The molecular formula is C19H29F3N4O4. The maximum atomic E-state index is 12.4. The Bertz CT molecular complexity index is 650. The summed E-state index contributed by atoms with van der Waals surface area (Å²) >= 11 is 0. The topological polar surface area (TPSA) is 93.2 Å². The van der Waals surface area contributed by atoms with Crippen molar-refractivity contribution in [3.8, 4) is 0 Å². The molecule has 4 fully saturated rings. The van der Waals surface area contributed by atoms with Gasteiger partial charge in [-0.1, -0.05) is 0 Å². The van der Waals surface area contributed by atoms with Gasteiger partial charge in [0.1, 0.15) is 0 Å². The summed E-state index contributed by atoms with van der Waals surface area (Å²) in [4.78, 5) is 40.2. The number of fused-ring (bicyclic) bond motifs is 1. The Morgan fingerprint density at radius 3 is 2.20 bits per heavy atom. The summed E-state index contributed by atoms with van der Waals surface area (Å²) in [5.41, 5.74) is 0. The van der Waals surface area contributed by atoms with Crippen LogP contribution in [-0.2, 0) is 9.59 Å². The van der Waals surface area contributed by atoms with Crippen LogP contribution in [0.15, 0.2) is 0 Å². The molecule has 4 aliphatic rings. The van der Waals surface area contributed by atoms with Crippen LogP contribution in [0.1, 0.15) is 44.9 Å². The van der Waals surface area contributed by atoms with Crippen LogP contribution in [0.5, 0.6) is 0 Å². The second-order valence-electron chi connectivity index (χ2n) is 8.32. The lowest BCUT2D eigenvalue weighted by Crippen LogP contribution is -2.56. The minimum absolute atomic E-state index is 0.0915. The first-order valence-electron chi connectivity index (χ1n) is 10.6. The predicted octanol–water partition coefficient (Wildman–Crippen LogP) is 1.65. The zero-order valence-corrected chi connectivity index (χ0v) is 16.9. The van der Waals surface area contributed by atoms with Gasteiger partial charge in [0.15, 0.2) is 0 Å². The Morgan fingerprint density at radius 1 is 1.00 bits per heavy atom. The average Bonchev–Trinajstić information content (AvgIpc) is 3.17. The van der Waals surface area contributed by atoms with Gasteiger partial charge in [-0.05, 0) is 51.6 Å². The number of nitrogens with zero attached hydrogens (tertiary/aromatic N) is 3. The molecule has 1 aliphatic carbocycles. The molecule has 8 nitrogen and oxygen atoms in total. The highest BCUT2D eigenvalue weighted by Crippen LogP contribution is 2.32. The van der Waals surface area contributed by atoms with Crippen molar-refractivity contribution in [2.75, 3.05) is 32.7 Å². The van der Waals surface area contributed by atoms with E-state index in [4.69, 9.17) is 9.90 Å². The molecule has 0 aromatic carbocycles. The first-order chi connectivity index (χ1) is 14.2. The largest absolute Gasteiger partial charge is 0.490 e. The van der Waals surface area contributed by atoms with Gasteiger partial charge in [-0.2, -0.15) is 13.2 Å².